The van der Waals surface area contributed by atoms with E-state index >= 15 is 0 Å². The monoisotopic (exact) mass is 256 g/mol. The van der Waals surface area contributed by atoms with Crippen molar-refractivity contribution in [2.45, 2.75) is 40.5 Å². The topological polar surface area (TPSA) is 38.9 Å². The van der Waals surface area contributed by atoms with Crippen LogP contribution >= 0.6 is 0 Å². The van der Waals surface area contributed by atoms with Crippen LogP contribution in [0, 0.1) is 20.8 Å². The number of nitrogens with zero attached hydrogens (tertiary/aromatic N) is 2. The second-order valence-electron chi connectivity index (χ2n) is 4.82. The van der Waals surface area contributed by atoms with Gasteiger partial charge in [0.05, 0.1) is 11.4 Å². The van der Waals surface area contributed by atoms with Gasteiger partial charge >= 0.3 is 0 Å². The van der Waals surface area contributed by atoms with Crippen LogP contribution in [-0.4, -0.2) is 10.1 Å². The van der Waals surface area contributed by atoms with E-state index < -0.39 is 0 Å². The third kappa shape index (κ3) is 2.92. The fraction of sp³-hybridized carbons (Fsp3) is 0.375. The van der Waals surface area contributed by atoms with Crippen LogP contribution in [0.1, 0.15) is 42.5 Å². The van der Waals surface area contributed by atoms with Crippen LogP contribution in [0.4, 0.5) is 0 Å². The molecule has 0 spiro atoms. The van der Waals surface area contributed by atoms with Crippen LogP contribution in [0.25, 0.3) is 17.2 Å². The summed E-state index contributed by atoms with van der Waals surface area (Å²) in [6.07, 6.45) is 8.41. The Kier molecular flexibility index (Phi) is 4.15. The van der Waals surface area contributed by atoms with Crippen LogP contribution in [0.2, 0.25) is 0 Å². The maximum absolute atomic E-state index is 5.21. The molecule has 0 unspecified atom stereocenters. The summed E-state index contributed by atoms with van der Waals surface area (Å²) < 4.78 is 5.21. The number of unbranched alkanes of at least 4 members (excludes halogenated alkanes) is 1. The largest absolute Gasteiger partial charge is 0.361 e. The van der Waals surface area contributed by atoms with Crippen molar-refractivity contribution in [1.82, 2.24) is 10.1 Å². The van der Waals surface area contributed by atoms with Crippen molar-refractivity contribution in [3.63, 3.8) is 0 Å². The molecule has 2 aromatic heterocycles. The van der Waals surface area contributed by atoms with E-state index in [9.17, 15) is 0 Å². The minimum Gasteiger partial charge on any atom is -0.361 e. The molecule has 0 aliphatic heterocycles. The lowest BCUT2D eigenvalue weighted by Gasteiger charge is -2.04. The Balaban J connectivity index is 2.34. The first-order valence-electron chi connectivity index (χ1n) is 6.70. The van der Waals surface area contributed by atoms with E-state index in [0.29, 0.717) is 0 Å². The highest BCUT2D eigenvalue weighted by Gasteiger charge is 2.12. The van der Waals surface area contributed by atoms with E-state index in [-0.39, 0.29) is 0 Å². The predicted molar refractivity (Wildman–Crippen MR) is 77.9 cm³/mol. The van der Waals surface area contributed by atoms with Crippen molar-refractivity contribution in [3.8, 4) is 11.1 Å². The Labute approximate surface area is 114 Å². The highest BCUT2D eigenvalue weighted by atomic mass is 16.5. The minimum absolute atomic E-state index is 0.841. The SMILES string of the molecule is CCCC=Cc1ncc(-c2c(C)noc2C)cc1C. The molecule has 0 fully saturated rings. The zero-order chi connectivity index (χ0) is 13.8. The van der Waals surface area contributed by atoms with Crippen molar-refractivity contribution in [2.75, 3.05) is 0 Å². The van der Waals surface area contributed by atoms with Gasteiger partial charge in [0.2, 0.25) is 0 Å². The van der Waals surface area contributed by atoms with Crippen LogP contribution in [0.15, 0.2) is 22.9 Å². The number of aromatic nitrogens is 2. The van der Waals surface area contributed by atoms with E-state index in [1.165, 1.54) is 5.56 Å². The standard InChI is InChI=1S/C16H20N2O/c1-5-6-7-8-15-11(2)9-14(10-17-15)16-12(3)18-19-13(16)4/h7-10H,5-6H2,1-4H3. The molecule has 2 rings (SSSR count). The molecule has 0 N–H and O–H groups in total. The van der Waals surface area contributed by atoms with E-state index in [2.05, 4.69) is 42.2 Å². The molecule has 2 aromatic rings. The average Bonchev–Trinajstić information content (AvgIpc) is 2.71. The lowest BCUT2D eigenvalue weighted by atomic mass is 10.0. The first-order valence-corrected chi connectivity index (χ1v) is 6.70. The Hall–Kier alpha value is -1.90. The summed E-state index contributed by atoms with van der Waals surface area (Å²) in [7, 11) is 0. The Morgan fingerprint density at radius 3 is 2.63 bits per heavy atom. The fourth-order valence-corrected chi connectivity index (χ4v) is 2.15. The number of hydrogen-bond donors (Lipinski definition) is 0. The lowest BCUT2D eigenvalue weighted by molar-refractivity contribution is 0.393. The number of pyridine rings is 1. The summed E-state index contributed by atoms with van der Waals surface area (Å²) in [4.78, 5) is 4.53. The van der Waals surface area contributed by atoms with Gasteiger partial charge in [-0.15, -0.1) is 0 Å². The highest BCUT2D eigenvalue weighted by molar-refractivity contribution is 5.68. The molecule has 3 nitrogen and oxygen atoms in total. The highest BCUT2D eigenvalue weighted by Crippen LogP contribution is 2.27. The first kappa shape index (κ1) is 13.5. The average molecular weight is 256 g/mol. The second-order valence-corrected chi connectivity index (χ2v) is 4.82. The molecule has 2 heterocycles. The quantitative estimate of drug-likeness (QED) is 0.809. The molecule has 3 heteroatoms. The molecule has 0 aliphatic rings. The summed E-state index contributed by atoms with van der Waals surface area (Å²) in [5.41, 5.74) is 5.24. The van der Waals surface area contributed by atoms with Crippen molar-refractivity contribution >= 4 is 6.08 Å². The Morgan fingerprint density at radius 1 is 1.26 bits per heavy atom. The van der Waals surface area contributed by atoms with E-state index in [1.807, 2.05) is 20.0 Å². The maximum atomic E-state index is 5.21. The zero-order valence-corrected chi connectivity index (χ0v) is 12.0. The van der Waals surface area contributed by atoms with Crippen molar-refractivity contribution in [3.05, 3.63) is 41.1 Å². The van der Waals surface area contributed by atoms with Crippen LogP contribution in [0.5, 0.6) is 0 Å². The molecule has 19 heavy (non-hydrogen) atoms. The fourth-order valence-electron chi connectivity index (χ4n) is 2.15. The van der Waals surface area contributed by atoms with Crippen LogP contribution in [-0.2, 0) is 0 Å². The van der Waals surface area contributed by atoms with Gasteiger partial charge in [0.1, 0.15) is 5.76 Å². The van der Waals surface area contributed by atoms with Crippen LogP contribution in [0.3, 0.4) is 0 Å². The summed E-state index contributed by atoms with van der Waals surface area (Å²) in [6, 6.07) is 2.14. The van der Waals surface area contributed by atoms with E-state index in [4.69, 9.17) is 4.52 Å². The van der Waals surface area contributed by atoms with Gasteiger partial charge in [0.15, 0.2) is 0 Å². The number of hydrogen-bond acceptors (Lipinski definition) is 3. The number of allylic oxidation sites excluding steroid dienone is 1. The van der Waals surface area contributed by atoms with E-state index in [0.717, 1.165) is 41.1 Å². The molecule has 0 saturated carbocycles. The molecule has 0 bridgehead atoms. The number of rotatable bonds is 4. The van der Waals surface area contributed by atoms with Crippen molar-refractivity contribution in [2.24, 2.45) is 0 Å². The smallest absolute Gasteiger partial charge is 0.141 e. The molecular formula is C16H20N2O. The third-order valence-corrected chi connectivity index (χ3v) is 3.17. The normalized spacial score (nSPS) is 11.4. The molecular weight excluding hydrogens is 236 g/mol. The third-order valence-electron chi connectivity index (χ3n) is 3.17. The summed E-state index contributed by atoms with van der Waals surface area (Å²) in [5.74, 6) is 0.841. The lowest BCUT2D eigenvalue weighted by Crippen LogP contribution is -1.90. The zero-order valence-electron chi connectivity index (χ0n) is 12.0. The van der Waals surface area contributed by atoms with Gasteiger partial charge in [-0.1, -0.05) is 24.6 Å². The van der Waals surface area contributed by atoms with Gasteiger partial charge in [-0.2, -0.15) is 0 Å². The molecule has 0 radical (unpaired) electrons. The van der Waals surface area contributed by atoms with Gasteiger partial charge in [0, 0.05) is 17.3 Å². The molecule has 0 saturated heterocycles. The van der Waals surface area contributed by atoms with Crippen molar-refractivity contribution in [1.29, 1.82) is 0 Å². The Morgan fingerprint density at radius 2 is 2.05 bits per heavy atom. The maximum Gasteiger partial charge on any atom is 0.141 e. The minimum atomic E-state index is 0.841. The summed E-state index contributed by atoms with van der Waals surface area (Å²) >= 11 is 0. The molecule has 100 valence electrons. The first-order chi connectivity index (χ1) is 9.13. The Bertz CT molecular complexity index is 577. The van der Waals surface area contributed by atoms with Gasteiger partial charge in [0.25, 0.3) is 0 Å². The van der Waals surface area contributed by atoms with Gasteiger partial charge in [-0.3, -0.25) is 4.98 Å². The molecule has 0 aliphatic carbocycles. The summed E-state index contributed by atoms with van der Waals surface area (Å²) in [5, 5.41) is 3.99. The molecule has 0 aromatic carbocycles. The molecule has 0 amide bonds. The van der Waals surface area contributed by atoms with Gasteiger partial charge in [-0.25, -0.2) is 0 Å². The van der Waals surface area contributed by atoms with Gasteiger partial charge < -0.3 is 4.52 Å². The number of aryl methyl sites for hydroxylation is 3. The second kappa shape index (κ2) is 5.83. The van der Waals surface area contributed by atoms with Crippen molar-refractivity contribution < 1.29 is 4.52 Å². The van der Waals surface area contributed by atoms with E-state index in [1.54, 1.807) is 0 Å². The van der Waals surface area contributed by atoms with Gasteiger partial charge in [-0.05, 0) is 44.9 Å². The molecule has 0 atom stereocenters. The van der Waals surface area contributed by atoms with Crippen LogP contribution < -0.4 is 0 Å². The summed E-state index contributed by atoms with van der Waals surface area (Å²) in [6.45, 7) is 8.14. The predicted octanol–water partition coefficient (Wildman–Crippen LogP) is 4.48.